The van der Waals surface area contributed by atoms with Crippen LogP contribution < -0.4 is 9.47 Å². The van der Waals surface area contributed by atoms with Gasteiger partial charge in [0.1, 0.15) is 5.75 Å². The fourth-order valence-electron chi connectivity index (χ4n) is 3.81. The van der Waals surface area contributed by atoms with Crippen LogP contribution in [0.5, 0.6) is 17.2 Å². The molecule has 2 atom stereocenters. The predicted octanol–water partition coefficient (Wildman–Crippen LogP) is 4.04. The molecular weight excluding hydrogens is 354 g/mol. The molecule has 6 heteroatoms. The van der Waals surface area contributed by atoms with Crippen LogP contribution in [0.3, 0.4) is 0 Å². The predicted molar refractivity (Wildman–Crippen MR) is 104 cm³/mol. The van der Waals surface area contributed by atoms with Crippen LogP contribution in [0.15, 0.2) is 72.1 Å². The van der Waals surface area contributed by atoms with Crippen molar-refractivity contribution in [3.05, 3.63) is 83.7 Å². The summed E-state index contributed by atoms with van der Waals surface area (Å²) in [6.45, 7) is 0. The first-order valence-electron chi connectivity index (χ1n) is 9.13. The molecule has 3 aromatic rings. The van der Waals surface area contributed by atoms with Gasteiger partial charge in [0.15, 0.2) is 11.5 Å². The molecular formula is C22H19N3O3. The summed E-state index contributed by atoms with van der Waals surface area (Å²) >= 11 is 0. The molecule has 0 saturated heterocycles. The van der Waals surface area contributed by atoms with Gasteiger partial charge in [-0.25, -0.2) is 5.01 Å². The van der Waals surface area contributed by atoms with Gasteiger partial charge in [0.2, 0.25) is 6.23 Å². The van der Waals surface area contributed by atoms with Gasteiger partial charge in [-0.3, -0.25) is 4.98 Å². The number of hydrogen-bond acceptors (Lipinski definition) is 6. The van der Waals surface area contributed by atoms with Crippen molar-refractivity contribution in [2.75, 3.05) is 7.11 Å². The Bertz CT molecular complexity index is 1030. The number of para-hydroxylation sites is 1. The number of aromatic nitrogens is 1. The standard InChI is InChI=1S/C22H19N3O3/c1-27-20-6-2-5-17-19-12-18(14-7-9-16(26)10-8-14)24-25(19)22(28-21(17)20)15-4-3-11-23-13-15/h2-11,13,19,22,26H,12H2,1H3/t19-,22-/m1/s1. The van der Waals surface area contributed by atoms with Crippen molar-refractivity contribution in [3.63, 3.8) is 0 Å². The second-order valence-corrected chi connectivity index (χ2v) is 6.83. The number of rotatable bonds is 3. The first-order chi connectivity index (χ1) is 13.7. The van der Waals surface area contributed by atoms with E-state index in [1.165, 1.54) is 0 Å². The van der Waals surface area contributed by atoms with Crippen molar-refractivity contribution in [3.8, 4) is 17.2 Å². The number of hydrazone groups is 1. The molecule has 0 saturated carbocycles. The zero-order valence-corrected chi connectivity index (χ0v) is 15.3. The highest BCUT2D eigenvalue weighted by Gasteiger charge is 2.42. The molecule has 0 unspecified atom stereocenters. The van der Waals surface area contributed by atoms with Gasteiger partial charge in [-0.1, -0.05) is 18.2 Å². The molecule has 1 aromatic heterocycles. The number of hydrogen-bond donors (Lipinski definition) is 1. The highest BCUT2D eigenvalue weighted by molar-refractivity contribution is 6.02. The van der Waals surface area contributed by atoms with E-state index in [1.807, 2.05) is 41.4 Å². The largest absolute Gasteiger partial charge is 0.508 e. The van der Waals surface area contributed by atoms with Crippen LogP contribution in [-0.2, 0) is 0 Å². The number of fused-ring (bicyclic) bond motifs is 3. The van der Waals surface area contributed by atoms with Crippen molar-refractivity contribution in [2.45, 2.75) is 18.7 Å². The van der Waals surface area contributed by atoms with Crippen LogP contribution in [0.25, 0.3) is 0 Å². The molecule has 2 aliphatic rings. The van der Waals surface area contributed by atoms with Crippen molar-refractivity contribution in [1.82, 2.24) is 9.99 Å². The van der Waals surface area contributed by atoms with Gasteiger partial charge in [-0.15, -0.1) is 0 Å². The third kappa shape index (κ3) is 2.65. The van der Waals surface area contributed by atoms with Crippen molar-refractivity contribution in [1.29, 1.82) is 0 Å². The highest BCUT2D eigenvalue weighted by Crippen LogP contribution is 2.50. The second-order valence-electron chi connectivity index (χ2n) is 6.83. The van der Waals surface area contributed by atoms with Gasteiger partial charge in [-0.2, -0.15) is 5.10 Å². The first kappa shape index (κ1) is 16.6. The van der Waals surface area contributed by atoms with E-state index in [1.54, 1.807) is 31.6 Å². The monoisotopic (exact) mass is 373 g/mol. The minimum atomic E-state index is -0.392. The maximum atomic E-state index is 9.59. The van der Waals surface area contributed by atoms with E-state index in [-0.39, 0.29) is 11.8 Å². The van der Waals surface area contributed by atoms with Gasteiger partial charge in [0.05, 0.1) is 18.9 Å². The van der Waals surface area contributed by atoms with E-state index >= 15 is 0 Å². The molecule has 0 radical (unpaired) electrons. The summed E-state index contributed by atoms with van der Waals surface area (Å²) in [5.74, 6) is 1.71. The minimum Gasteiger partial charge on any atom is -0.508 e. The Labute approximate surface area is 162 Å². The Balaban J connectivity index is 1.61. The fraction of sp³-hybridized carbons (Fsp3) is 0.182. The number of benzene rings is 2. The lowest BCUT2D eigenvalue weighted by atomic mass is 9.95. The maximum Gasteiger partial charge on any atom is 0.215 e. The lowest BCUT2D eigenvalue weighted by Crippen LogP contribution is -2.33. The Kier molecular flexibility index (Phi) is 3.90. The summed E-state index contributed by atoms with van der Waals surface area (Å²) < 4.78 is 11.9. The van der Waals surface area contributed by atoms with Crippen LogP contribution >= 0.6 is 0 Å². The molecule has 0 bridgehead atoms. The van der Waals surface area contributed by atoms with Crippen LogP contribution in [0, 0.1) is 0 Å². The Hall–Kier alpha value is -3.54. The normalized spacial score (nSPS) is 20.0. The van der Waals surface area contributed by atoms with Gasteiger partial charge in [0.25, 0.3) is 0 Å². The SMILES string of the molecule is COc1cccc2c1O[C@H](c1cccnc1)N1N=C(c3ccc(O)cc3)C[C@H]21. The number of ether oxygens (including phenoxy) is 2. The van der Waals surface area contributed by atoms with Gasteiger partial charge in [0, 0.05) is 29.9 Å². The zero-order valence-electron chi connectivity index (χ0n) is 15.3. The van der Waals surface area contributed by atoms with E-state index in [0.29, 0.717) is 5.75 Å². The molecule has 0 fully saturated rings. The summed E-state index contributed by atoms with van der Waals surface area (Å²) in [6.07, 6.45) is 3.89. The van der Waals surface area contributed by atoms with Crippen molar-refractivity contribution >= 4 is 5.71 Å². The summed E-state index contributed by atoms with van der Waals surface area (Å²) in [5, 5.41) is 16.5. The Morgan fingerprint density at radius 2 is 1.96 bits per heavy atom. The zero-order chi connectivity index (χ0) is 19.1. The number of pyridine rings is 1. The molecule has 3 heterocycles. The topological polar surface area (TPSA) is 67.2 Å². The molecule has 140 valence electrons. The third-order valence-electron chi connectivity index (χ3n) is 5.17. The number of phenolic OH excluding ortho intramolecular Hbond substituents is 1. The Morgan fingerprint density at radius 1 is 1.11 bits per heavy atom. The summed E-state index contributed by atoms with van der Waals surface area (Å²) in [5.41, 5.74) is 3.93. The molecule has 2 aliphatic heterocycles. The van der Waals surface area contributed by atoms with Crippen LogP contribution in [-0.4, -0.2) is 27.9 Å². The van der Waals surface area contributed by atoms with E-state index in [2.05, 4.69) is 11.1 Å². The number of aromatic hydroxyl groups is 1. The molecule has 0 amide bonds. The molecule has 0 spiro atoms. The third-order valence-corrected chi connectivity index (χ3v) is 5.17. The molecule has 5 rings (SSSR count). The second kappa shape index (κ2) is 6.56. The average molecular weight is 373 g/mol. The maximum absolute atomic E-state index is 9.59. The van der Waals surface area contributed by atoms with Crippen LogP contribution in [0.4, 0.5) is 0 Å². The summed E-state index contributed by atoms with van der Waals surface area (Å²) in [7, 11) is 1.65. The van der Waals surface area contributed by atoms with Crippen LogP contribution in [0.2, 0.25) is 0 Å². The molecule has 6 nitrogen and oxygen atoms in total. The number of phenols is 1. The Morgan fingerprint density at radius 3 is 2.71 bits per heavy atom. The molecule has 1 N–H and O–H groups in total. The molecule has 2 aromatic carbocycles. The quantitative estimate of drug-likeness (QED) is 0.751. The summed E-state index contributed by atoms with van der Waals surface area (Å²) in [6, 6.07) is 17.0. The number of nitrogens with zero attached hydrogens (tertiary/aromatic N) is 3. The average Bonchev–Trinajstić information content (AvgIpc) is 3.19. The lowest BCUT2D eigenvalue weighted by molar-refractivity contribution is -0.0211. The van der Waals surface area contributed by atoms with Gasteiger partial charge >= 0.3 is 0 Å². The molecule has 0 aliphatic carbocycles. The van der Waals surface area contributed by atoms with E-state index in [9.17, 15) is 5.11 Å². The minimum absolute atomic E-state index is 0.0351. The smallest absolute Gasteiger partial charge is 0.215 e. The van der Waals surface area contributed by atoms with Crippen molar-refractivity contribution < 1.29 is 14.6 Å². The highest BCUT2D eigenvalue weighted by atomic mass is 16.5. The molecule has 28 heavy (non-hydrogen) atoms. The van der Waals surface area contributed by atoms with Gasteiger partial charge < -0.3 is 14.6 Å². The first-order valence-corrected chi connectivity index (χ1v) is 9.13. The summed E-state index contributed by atoms with van der Waals surface area (Å²) in [4.78, 5) is 4.25. The van der Waals surface area contributed by atoms with E-state index in [0.717, 1.165) is 34.6 Å². The van der Waals surface area contributed by atoms with Crippen LogP contribution in [0.1, 0.15) is 35.4 Å². The fourth-order valence-corrected chi connectivity index (χ4v) is 3.81. The number of methoxy groups -OCH3 is 1. The van der Waals surface area contributed by atoms with Gasteiger partial charge in [-0.05, 0) is 42.0 Å². The van der Waals surface area contributed by atoms with Crippen molar-refractivity contribution in [2.24, 2.45) is 5.10 Å². The van der Waals surface area contributed by atoms with E-state index in [4.69, 9.17) is 14.6 Å². The van der Waals surface area contributed by atoms with E-state index < -0.39 is 6.23 Å². The lowest BCUT2D eigenvalue weighted by Gasteiger charge is -2.38.